The number of pyridine rings is 1. The standard InChI is InChI=1S/C17H26N2O2/c1-12(2)16-4-3-15(13-6-8-21-11-13)17(18-16)10-19-7-5-14(20)9-19/h3-4,12-14,20H,5-11H2,1-2H3/t13-,14-/m0/s1. The van der Waals surface area contributed by atoms with E-state index in [0.29, 0.717) is 11.8 Å². The summed E-state index contributed by atoms with van der Waals surface area (Å²) in [5, 5.41) is 9.72. The number of rotatable bonds is 4. The molecule has 4 nitrogen and oxygen atoms in total. The smallest absolute Gasteiger partial charge is 0.0679 e. The Bertz CT molecular complexity index is 484. The van der Waals surface area contributed by atoms with E-state index in [-0.39, 0.29) is 6.10 Å². The van der Waals surface area contributed by atoms with Gasteiger partial charge in [-0.3, -0.25) is 9.88 Å². The minimum absolute atomic E-state index is 0.170. The third kappa shape index (κ3) is 3.44. The Morgan fingerprint density at radius 2 is 2.24 bits per heavy atom. The lowest BCUT2D eigenvalue weighted by Crippen LogP contribution is -2.23. The molecule has 4 heteroatoms. The molecule has 0 saturated carbocycles. The first kappa shape index (κ1) is 14.9. The molecule has 3 heterocycles. The third-order valence-electron chi connectivity index (χ3n) is 4.61. The van der Waals surface area contributed by atoms with E-state index in [4.69, 9.17) is 9.72 Å². The number of ether oxygens (including phenoxy) is 1. The molecule has 1 aromatic rings. The molecular formula is C17H26N2O2. The number of aliphatic hydroxyl groups excluding tert-OH is 1. The summed E-state index contributed by atoms with van der Waals surface area (Å²) in [5.74, 6) is 0.933. The van der Waals surface area contributed by atoms with Gasteiger partial charge in [-0.1, -0.05) is 19.9 Å². The van der Waals surface area contributed by atoms with Gasteiger partial charge in [0.1, 0.15) is 0 Å². The first-order valence-corrected chi connectivity index (χ1v) is 8.11. The monoisotopic (exact) mass is 290 g/mol. The van der Waals surface area contributed by atoms with Crippen molar-refractivity contribution in [3.8, 4) is 0 Å². The van der Waals surface area contributed by atoms with Gasteiger partial charge in [0.2, 0.25) is 0 Å². The van der Waals surface area contributed by atoms with Crippen LogP contribution in [0.25, 0.3) is 0 Å². The van der Waals surface area contributed by atoms with Gasteiger partial charge in [-0.15, -0.1) is 0 Å². The molecule has 0 unspecified atom stereocenters. The molecule has 116 valence electrons. The lowest BCUT2D eigenvalue weighted by atomic mass is 9.95. The van der Waals surface area contributed by atoms with Gasteiger partial charge in [0.05, 0.1) is 18.4 Å². The summed E-state index contributed by atoms with van der Waals surface area (Å²) in [7, 11) is 0. The van der Waals surface area contributed by atoms with Gasteiger partial charge < -0.3 is 9.84 Å². The summed E-state index contributed by atoms with van der Waals surface area (Å²) >= 11 is 0. The van der Waals surface area contributed by atoms with Crippen molar-refractivity contribution in [2.24, 2.45) is 0 Å². The summed E-state index contributed by atoms with van der Waals surface area (Å²) in [6.07, 6.45) is 1.81. The van der Waals surface area contributed by atoms with E-state index in [0.717, 1.165) is 51.4 Å². The Labute approximate surface area is 127 Å². The average Bonchev–Trinajstić information content (AvgIpc) is 3.10. The Balaban J connectivity index is 1.84. The van der Waals surface area contributed by atoms with Crippen molar-refractivity contribution in [1.82, 2.24) is 9.88 Å². The van der Waals surface area contributed by atoms with E-state index >= 15 is 0 Å². The van der Waals surface area contributed by atoms with Crippen LogP contribution in [-0.2, 0) is 11.3 Å². The fourth-order valence-corrected chi connectivity index (χ4v) is 3.30. The first-order chi connectivity index (χ1) is 10.1. The lowest BCUT2D eigenvalue weighted by Gasteiger charge is -2.20. The Morgan fingerprint density at radius 1 is 1.38 bits per heavy atom. The summed E-state index contributed by atoms with van der Waals surface area (Å²) < 4.78 is 5.55. The molecule has 0 radical (unpaired) electrons. The Morgan fingerprint density at radius 3 is 2.86 bits per heavy atom. The highest BCUT2D eigenvalue weighted by molar-refractivity contribution is 5.29. The number of β-amino-alcohol motifs (C(OH)–C–C–N with tert-alkyl or cyclic N) is 1. The molecule has 0 aromatic carbocycles. The van der Waals surface area contributed by atoms with Gasteiger partial charge >= 0.3 is 0 Å². The van der Waals surface area contributed by atoms with Gasteiger partial charge in [-0.25, -0.2) is 0 Å². The molecule has 1 aromatic heterocycles. The molecule has 2 aliphatic heterocycles. The van der Waals surface area contributed by atoms with Crippen LogP contribution in [0, 0.1) is 0 Å². The predicted molar refractivity (Wildman–Crippen MR) is 82.4 cm³/mol. The number of nitrogens with zero attached hydrogens (tertiary/aromatic N) is 2. The fourth-order valence-electron chi connectivity index (χ4n) is 3.30. The lowest BCUT2D eigenvalue weighted by molar-refractivity contribution is 0.174. The van der Waals surface area contributed by atoms with Crippen LogP contribution in [0.1, 0.15) is 55.5 Å². The molecule has 0 amide bonds. The molecule has 2 saturated heterocycles. The SMILES string of the molecule is CC(C)c1ccc([C@H]2CCOC2)c(CN2CC[C@H](O)C2)n1. The quantitative estimate of drug-likeness (QED) is 0.924. The minimum Gasteiger partial charge on any atom is -0.392 e. The van der Waals surface area contributed by atoms with Crippen molar-refractivity contribution < 1.29 is 9.84 Å². The second kappa shape index (κ2) is 6.42. The van der Waals surface area contributed by atoms with Gasteiger partial charge in [0, 0.05) is 37.9 Å². The van der Waals surface area contributed by atoms with Crippen LogP contribution in [0.2, 0.25) is 0 Å². The van der Waals surface area contributed by atoms with Crippen LogP contribution in [0.4, 0.5) is 0 Å². The fraction of sp³-hybridized carbons (Fsp3) is 0.706. The maximum absolute atomic E-state index is 9.72. The average molecular weight is 290 g/mol. The zero-order chi connectivity index (χ0) is 14.8. The number of aromatic nitrogens is 1. The summed E-state index contributed by atoms with van der Waals surface area (Å²) in [4.78, 5) is 7.24. The van der Waals surface area contributed by atoms with E-state index in [1.165, 1.54) is 11.3 Å². The van der Waals surface area contributed by atoms with Crippen molar-refractivity contribution in [2.45, 2.75) is 51.2 Å². The third-order valence-corrected chi connectivity index (χ3v) is 4.61. The van der Waals surface area contributed by atoms with E-state index in [9.17, 15) is 5.11 Å². The summed E-state index contributed by atoms with van der Waals surface area (Å²) in [5.41, 5.74) is 3.69. The van der Waals surface area contributed by atoms with Gasteiger partial charge in [0.15, 0.2) is 0 Å². The Kier molecular flexibility index (Phi) is 4.57. The van der Waals surface area contributed by atoms with E-state index in [1.54, 1.807) is 0 Å². The number of likely N-dealkylation sites (tertiary alicyclic amines) is 1. The van der Waals surface area contributed by atoms with Crippen LogP contribution in [0.3, 0.4) is 0 Å². The normalized spacial score (nSPS) is 26.9. The second-order valence-corrected chi connectivity index (χ2v) is 6.66. The molecular weight excluding hydrogens is 264 g/mol. The van der Waals surface area contributed by atoms with Crippen LogP contribution in [0.15, 0.2) is 12.1 Å². The van der Waals surface area contributed by atoms with E-state index in [1.807, 2.05) is 0 Å². The Hall–Kier alpha value is -0.970. The van der Waals surface area contributed by atoms with E-state index < -0.39 is 0 Å². The number of aliphatic hydroxyl groups is 1. The zero-order valence-corrected chi connectivity index (χ0v) is 13.1. The van der Waals surface area contributed by atoms with Crippen molar-refractivity contribution in [3.63, 3.8) is 0 Å². The van der Waals surface area contributed by atoms with Crippen molar-refractivity contribution >= 4 is 0 Å². The highest BCUT2D eigenvalue weighted by Gasteiger charge is 2.25. The van der Waals surface area contributed by atoms with Gasteiger partial charge in [-0.05, 0) is 30.4 Å². The van der Waals surface area contributed by atoms with Gasteiger partial charge in [0.25, 0.3) is 0 Å². The van der Waals surface area contributed by atoms with Gasteiger partial charge in [-0.2, -0.15) is 0 Å². The molecule has 2 atom stereocenters. The summed E-state index contributed by atoms with van der Waals surface area (Å²) in [6.45, 7) is 8.64. The molecule has 21 heavy (non-hydrogen) atoms. The molecule has 2 fully saturated rings. The topological polar surface area (TPSA) is 45.6 Å². The maximum Gasteiger partial charge on any atom is 0.0679 e. The summed E-state index contributed by atoms with van der Waals surface area (Å²) in [6, 6.07) is 4.42. The van der Waals surface area contributed by atoms with E-state index in [2.05, 4.69) is 30.9 Å². The minimum atomic E-state index is -0.170. The highest BCUT2D eigenvalue weighted by atomic mass is 16.5. The van der Waals surface area contributed by atoms with Crippen molar-refractivity contribution in [3.05, 3.63) is 29.1 Å². The molecule has 0 aliphatic carbocycles. The van der Waals surface area contributed by atoms with Crippen molar-refractivity contribution in [2.75, 3.05) is 26.3 Å². The number of hydrogen-bond acceptors (Lipinski definition) is 4. The van der Waals surface area contributed by atoms with Crippen molar-refractivity contribution in [1.29, 1.82) is 0 Å². The van der Waals surface area contributed by atoms with Crippen LogP contribution in [-0.4, -0.2) is 47.4 Å². The van der Waals surface area contributed by atoms with Crippen LogP contribution < -0.4 is 0 Å². The molecule has 3 rings (SSSR count). The molecule has 0 bridgehead atoms. The molecule has 0 spiro atoms. The predicted octanol–water partition coefficient (Wildman–Crippen LogP) is 2.28. The number of hydrogen-bond donors (Lipinski definition) is 1. The van der Waals surface area contributed by atoms with Crippen LogP contribution in [0.5, 0.6) is 0 Å². The highest BCUT2D eigenvalue weighted by Crippen LogP contribution is 2.29. The maximum atomic E-state index is 9.72. The van der Waals surface area contributed by atoms with Crippen LogP contribution >= 0.6 is 0 Å². The first-order valence-electron chi connectivity index (χ1n) is 8.11. The second-order valence-electron chi connectivity index (χ2n) is 6.66. The zero-order valence-electron chi connectivity index (χ0n) is 13.1. The largest absolute Gasteiger partial charge is 0.392 e. The molecule has 1 N–H and O–H groups in total. The molecule has 2 aliphatic rings.